The molecule has 1 aromatic carbocycles. The minimum atomic E-state index is 1.15. The third-order valence-electron chi connectivity index (χ3n) is 2.64. The lowest BCUT2D eigenvalue weighted by Crippen LogP contribution is -1.80. The molecule has 0 saturated carbocycles. The lowest BCUT2D eigenvalue weighted by atomic mass is 10.1. The molecule has 17 heavy (non-hydrogen) atoms. The topological polar surface area (TPSA) is 0 Å². The van der Waals surface area contributed by atoms with E-state index in [4.69, 9.17) is 0 Å². The van der Waals surface area contributed by atoms with Crippen LogP contribution < -0.4 is 0 Å². The second kappa shape index (κ2) is 9.23. The summed E-state index contributed by atoms with van der Waals surface area (Å²) in [5, 5.41) is 0. The SMILES string of the molecule is C/C=C/Br.CC.CC1=C(C)c2ccccc2C1. The monoisotopic (exact) mass is 294 g/mol. The molecular weight excluding hydrogens is 272 g/mol. The Hall–Kier alpha value is -0.820. The molecule has 0 heterocycles. The van der Waals surface area contributed by atoms with E-state index in [0.717, 1.165) is 6.42 Å². The van der Waals surface area contributed by atoms with Crippen molar-refractivity contribution in [2.75, 3.05) is 0 Å². The number of hydrogen-bond donors (Lipinski definition) is 0. The van der Waals surface area contributed by atoms with Crippen molar-refractivity contribution in [3.8, 4) is 0 Å². The van der Waals surface area contributed by atoms with Crippen LogP contribution in [-0.2, 0) is 6.42 Å². The van der Waals surface area contributed by atoms with Crippen molar-refractivity contribution >= 4 is 21.5 Å². The van der Waals surface area contributed by atoms with Gasteiger partial charge in [0.05, 0.1) is 0 Å². The standard InChI is InChI=1S/C11H12.C3H5Br.C2H6/c1-8-7-10-5-3-4-6-11(10)9(8)2;1-2-3-4;1-2/h3-6H,7H2,1-2H3;2-3H,1H3;1-2H3/b;3-2+;. The van der Waals surface area contributed by atoms with Crippen LogP contribution in [0.3, 0.4) is 0 Å². The Labute approximate surface area is 115 Å². The summed E-state index contributed by atoms with van der Waals surface area (Å²) in [6.07, 6.45) is 3.07. The summed E-state index contributed by atoms with van der Waals surface area (Å²) in [6.45, 7) is 10.4. The van der Waals surface area contributed by atoms with Crippen LogP contribution in [0.25, 0.3) is 5.57 Å². The number of fused-ring (bicyclic) bond motifs is 1. The van der Waals surface area contributed by atoms with Crippen molar-refractivity contribution in [2.24, 2.45) is 0 Å². The summed E-state index contributed by atoms with van der Waals surface area (Å²) in [4.78, 5) is 1.81. The second-order valence-corrected chi connectivity index (χ2v) is 4.23. The summed E-state index contributed by atoms with van der Waals surface area (Å²) >= 11 is 3.07. The van der Waals surface area contributed by atoms with Crippen molar-refractivity contribution in [1.82, 2.24) is 0 Å². The molecule has 0 spiro atoms. The molecule has 0 bridgehead atoms. The fraction of sp³-hybridized carbons (Fsp3) is 0.375. The zero-order chi connectivity index (χ0) is 13.3. The van der Waals surface area contributed by atoms with Gasteiger partial charge in [-0.1, -0.05) is 65.7 Å². The van der Waals surface area contributed by atoms with Crippen LogP contribution in [0.1, 0.15) is 45.7 Å². The van der Waals surface area contributed by atoms with Gasteiger partial charge >= 0.3 is 0 Å². The van der Waals surface area contributed by atoms with E-state index in [0.29, 0.717) is 0 Å². The average Bonchev–Trinajstić information content (AvgIpc) is 2.68. The minimum absolute atomic E-state index is 1.15. The zero-order valence-electron chi connectivity index (χ0n) is 11.5. The Morgan fingerprint density at radius 2 is 1.65 bits per heavy atom. The zero-order valence-corrected chi connectivity index (χ0v) is 13.1. The predicted octanol–water partition coefficient (Wildman–Crippen LogP) is 5.98. The summed E-state index contributed by atoms with van der Waals surface area (Å²) < 4.78 is 0. The molecule has 1 heteroatoms. The van der Waals surface area contributed by atoms with E-state index in [9.17, 15) is 0 Å². The first kappa shape index (κ1) is 16.2. The molecule has 2 rings (SSSR count). The van der Waals surface area contributed by atoms with Gasteiger partial charge < -0.3 is 0 Å². The lowest BCUT2D eigenvalue weighted by Gasteiger charge is -1.97. The van der Waals surface area contributed by atoms with E-state index in [2.05, 4.69) is 54.0 Å². The molecule has 0 aromatic heterocycles. The highest BCUT2D eigenvalue weighted by molar-refractivity contribution is 9.11. The molecule has 94 valence electrons. The van der Waals surface area contributed by atoms with Gasteiger partial charge in [-0.25, -0.2) is 0 Å². The van der Waals surface area contributed by atoms with Crippen molar-refractivity contribution in [3.05, 3.63) is 52.0 Å². The maximum absolute atomic E-state index is 3.07. The third kappa shape index (κ3) is 4.91. The number of benzene rings is 1. The number of hydrogen-bond acceptors (Lipinski definition) is 0. The van der Waals surface area contributed by atoms with Gasteiger partial charge in [0.1, 0.15) is 0 Å². The molecule has 0 radical (unpaired) electrons. The normalized spacial score (nSPS) is 12.6. The Bertz CT molecular complexity index is 382. The second-order valence-electron chi connectivity index (χ2n) is 3.70. The van der Waals surface area contributed by atoms with Gasteiger partial charge in [-0.15, -0.1) is 0 Å². The van der Waals surface area contributed by atoms with Gasteiger partial charge in [-0.05, 0) is 48.9 Å². The maximum Gasteiger partial charge on any atom is -0.00579 e. The Balaban J connectivity index is 0.000000368. The molecule has 0 nitrogen and oxygen atoms in total. The van der Waals surface area contributed by atoms with E-state index in [-0.39, 0.29) is 0 Å². The van der Waals surface area contributed by atoms with Gasteiger partial charge in [0.2, 0.25) is 0 Å². The summed E-state index contributed by atoms with van der Waals surface area (Å²) in [7, 11) is 0. The number of halogens is 1. The van der Waals surface area contributed by atoms with Crippen LogP contribution in [0.5, 0.6) is 0 Å². The van der Waals surface area contributed by atoms with E-state index in [1.165, 1.54) is 22.3 Å². The molecule has 1 aromatic rings. The molecule has 0 N–H and O–H groups in total. The van der Waals surface area contributed by atoms with E-state index < -0.39 is 0 Å². The highest BCUT2D eigenvalue weighted by Gasteiger charge is 2.13. The Kier molecular flexibility index (Phi) is 8.79. The van der Waals surface area contributed by atoms with Gasteiger partial charge in [0.15, 0.2) is 0 Å². The quantitative estimate of drug-likeness (QED) is 0.552. The average molecular weight is 295 g/mol. The van der Waals surface area contributed by atoms with Crippen LogP contribution in [0, 0.1) is 0 Å². The first-order chi connectivity index (χ1) is 8.20. The summed E-state index contributed by atoms with van der Waals surface area (Å²) in [5.41, 5.74) is 5.93. The fourth-order valence-corrected chi connectivity index (χ4v) is 1.69. The molecule has 1 aliphatic carbocycles. The van der Waals surface area contributed by atoms with Crippen molar-refractivity contribution in [2.45, 2.75) is 41.0 Å². The highest BCUT2D eigenvalue weighted by Crippen LogP contribution is 2.31. The molecule has 1 aliphatic rings. The van der Waals surface area contributed by atoms with Crippen molar-refractivity contribution in [3.63, 3.8) is 0 Å². The molecule has 0 aliphatic heterocycles. The Morgan fingerprint density at radius 3 is 2.12 bits per heavy atom. The van der Waals surface area contributed by atoms with Gasteiger partial charge in [-0.3, -0.25) is 0 Å². The summed E-state index contributed by atoms with van der Waals surface area (Å²) in [5.74, 6) is 0. The highest BCUT2D eigenvalue weighted by atomic mass is 79.9. The molecular formula is C16H23Br. The number of allylic oxidation sites excluding steroid dienone is 3. The molecule has 0 saturated heterocycles. The van der Waals surface area contributed by atoms with Gasteiger partial charge in [-0.2, -0.15) is 0 Å². The van der Waals surface area contributed by atoms with Crippen LogP contribution in [0.4, 0.5) is 0 Å². The van der Waals surface area contributed by atoms with Crippen LogP contribution in [0.15, 0.2) is 40.9 Å². The molecule has 0 amide bonds. The summed E-state index contributed by atoms with van der Waals surface area (Å²) in [6, 6.07) is 8.65. The lowest BCUT2D eigenvalue weighted by molar-refractivity contribution is 1.19. The van der Waals surface area contributed by atoms with Crippen LogP contribution in [-0.4, -0.2) is 0 Å². The first-order valence-corrected chi connectivity index (χ1v) is 7.08. The van der Waals surface area contributed by atoms with E-state index >= 15 is 0 Å². The molecule has 0 atom stereocenters. The van der Waals surface area contributed by atoms with Crippen molar-refractivity contribution in [1.29, 1.82) is 0 Å². The third-order valence-corrected chi connectivity index (χ3v) is 3.17. The smallest absolute Gasteiger partial charge is 0.00579 e. The molecule has 0 unspecified atom stereocenters. The molecule has 0 fully saturated rings. The van der Waals surface area contributed by atoms with E-state index in [1.807, 2.05) is 31.8 Å². The van der Waals surface area contributed by atoms with E-state index in [1.54, 1.807) is 0 Å². The van der Waals surface area contributed by atoms with Gasteiger partial charge in [0, 0.05) is 0 Å². The van der Waals surface area contributed by atoms with Gasteiger partial charge in [0.25, 0.3) is 0 Å². The van der Waals surface area contributed by atoms with Crippen LogP contribution >= 0.6 is 15.9 Å². The largest absolute Gasteiger partial charge is 0.0807 e. The van der Waals surface area contributed by atoms with Crippen LogP contribution in [0.2, 0.25) is 0 Å². The number of rotatable bonds is 0. The minimum Gasteiger partial charge on any atom is -0.0807 e. The first-order valence-electron chi connectivity index (χ1n) is 6.16. The van der Waals surface area contributed by atoms with Crippen molar-refractivity contribution < 1.29 is 0 Å². The Morgan fingerprint density at radius 1 is 1.12 bits per heavy atom. The maximum atomic E-state index is 3.07. The predicted molar refractivity (Wildman–Crippen MR) is 83.5 cm³/mol. The fourth-order valence-electron chi connectivity index (χ4n) is 1.69.